The predicted molar refractivity (Wildman–Crippen MR) is 84.1 cm³/mol. The van der Waals surface area contributed by atoms with Gasteiger partial charge in [-0.1, -0.05) is 30.3 Å². The van der Waals surface area contributed by atoms with Gasteiger partial charge in [-0.3, -0.25) is 14.2 Å². The van der Waals surface area contributed by atoms with Gasteiger partial charge in [0.05, 0.1) is 0 Å². The van der Waals surface area contributed by atoms with Crippen molar-refractivity contribution < 1.29 is 9.90 Å². The Morgan fingerprint density at radius 3 is 2.68 bits per heavy atom. The highest BCUT2D eigenvalue weighted by Gasteiger charge is 2.12. The van der Waals surface area contributed by atoms with Crippen LogP contribution in [-0.4, -0.2) is 26.7 Å². The zero-order valence-corrected chi connectivity index (χ0v) is 12.6. The Labute approximate surface area is 128 Å². The molecule has 116 valence electrons. The molecule has 6 nitrogen and oxygen atoms in total. The largest absolute Gasteiger partial charge is 0.480 e. The predicted octanol–water partition coefficient (Wildman–Crippen LogP) is 1.68. The van der Waals surface area contributed by atoms with Crippen molar-refractivity contribution in [3.8, 4) is 0 Å². The number of aromatic nitrogens is 2. The second kappa shape index (κ2) is 6.89. The molecule has 0 aliphatic heterocycles. The fourth-order valence-electron chi connectivity index (χ4n) is 2.25. The van der Waals surface area contributed by atoms with Crippen LogP contribution in [0.4, 0.5) is 5.82 Å². The van der Waals surface area contributed by atoms with Crippen molar-refractivity contribution in [2.75, 3.05) is 5.32 Å². The summed E-state index contributed by atoms with van der Waals surface area (Å²) in [5, 5.41) is 11.9. The maximum absolute atomic E-state index is 12.3. The summed E-state index contributed by atoms with van der Waals surface area (Å²) >= 11 is 0. The number of hydrogen-bond acceptors (Lipinski definition) is 4. The number of anilines is 1. The van der Waals surface area contributed by atoms with Gasteiger partial charge in [0.2, 0.25) is 0 Å². The fraction of sp³-hybridized carbons (Fsp3) is 0.312. The number of carboxylic acids is 1. The van der Waals surface area contributed by atoms with Crippen LogP contribution in [0.3, 0.4) is 0 Å². The van der Waals surface area contributed by atoms with Gasteiger partial charge >= 0.3 is 5.97 Å². The van der Waals surface area contributed by atoms with E-state index in [0.717, 1.165) is 12.0 Å². The van der Waals surface area contributed by atoms with Crippen LogP contribution in [0.1, 0.15) is 18.2 Å². The maximum Gasteiger partial charge on any atom is 0.323 e. The minimum absolute atomic E-state index is 0.00332. The van der Waals surface area contributed by atoms with E-state index in [9.17, 15) is 9.59 Å². The van der Waals surface area contributed by atoms with Crippen LogP contribution < -0.4 is 10.9 Å². The first-order valence-corrected chi connectivity index (χ1v) is 7.06. The highest BCUT2D eigenvalue weighted by Crippen LogP contribution is 2.07. The molecule has 0 unspecified atom stereocenters. The Morgan fingerprint density at radius 1 is 1.36 bits per heavy atom. The second-order valence-corrected chi connectivity index (χ2v) is 5.27. The van der Waals surface area contributed by atoms with Crippen LogP contribution >= 0.6 is 0 Å². The van der Waals surface area contributed by atoms with E-state index in [1.807, 2.05) is 37.3 Å². The molecule has 1 heterocycles. The zero-order chi connectivity index (χ0) is 16.1. The molecule has 0 saturated heterocycles. The highest BCUT2D eigenvalue weighted by atomic mass is 16.4. The Balaban J connectivity index is 2.16. The molecule has 0 aliphatic rings. The highest BCUT2D eigenvalue weighted by molar-refractivity contribution is 5.66. The van der Waals surface area contributed by atoms with Gasteiger partial charge < -0.3 is 10.4 Å². The van der Waals surface area contributed by atoms with Gasteiger partial charge in [-0.05, 0) is 25.8 Å². The third kappa shape index (κ3) is 3.94. The number of aryl methyl sites for hydroxylation is 1. The summed E-state index contributed by atoms with van der Waals surface area (Å²) in [6.07, 6.45) is 2.25. The molecule has 22 heavy (non-hydrogen) atoms. The van der Waals surface area contributed by atoms with Gasteiger partial charge in [-0.25, -0.2) is 4.98 Å². The Bertz CT molecular complexity index is 710. The van der Waals surface area contributed by atoms with E-state index < -0.39 is 11.5 Å². The van der Waals surface area contributed by atoms with Crippen molar-refractivity contribution in [1.29, 1.82) is 0 Å². The van der Waals surface area contributed by atoms with Crippen molar-refractivity contribution in [2.45, 2.75) is 32.9 Å². The molecule has 0 radical (unpaired) electrons. The van der Waals surface area contributed by atoms with E-state index in [1.54, 1.807) is 6.92 Å². The Hall–Kier alpha value is -2.63. The van der Waals surface area contributed by atoms with Crippen LogP contribution in [0.15, 0.2) is 41.3 Å². The number of nitrogens with zero attached hydrogens (tertiary/aromatic N) is 2. The molecule has 1 aromatic heterocycles. The molecule has 0 fully saturated rings. The summed E-state index contributed by atoms with van der Waals surface area (Å²) < 4.78 is 1.20. The number of rotatable bonds is 6. The monoisotopic (exact) mass is 301 g/mol. The van der Waals surface area contributed by atoms with Crippen LogP contribution in [0.25, 0.3) is 0 Å². The summed E-state index contributed by atoms with van der Waals surface area (Å²) in [5.74, 6) is -0.880. The van der Waals surface area contributed by atoms with E-state index in [0.29, 0.717) is 5.69 Å². The minimum Gasteiger partial charge on any atom is -0.480 e. The SMILES string of the molecule is Cc1cnc(N[C@H](C)Cc2ccccc2)c(=O)n1CC(=O)O. The molecular formula is C16H19N3O3. The summed E-state index contributed by atoms with van der Waals surface area (Å²) in [6, 6.07) is 9.92. The summed E-state index contributed by atoms with van der Waals surface area (Å²) in [7, 11) is 0. The van der Waals surface area contributed by atoms with Crippen molar-refractivity contribution in [3.05, 3.63) is 58.1 Å². The van der Waals surface area contributed by atoms with Gasteiger partial charge in [0, 0.05) is 17.9 Å². The lowest BCUT2D eigenvalue weighted by Gasteiger charge is -2.16. The molecule has 0 saturated carbocycles. The molecule has 6 heteroatoms. The molecular weight excluding hydrogens is 282 g/mol. The molecule has 0 bridgehead atoms. The van der Waals surface area contributed by atoms with E-state index in [4.69, 9.17) is 5.11 Å². The first kappa shape index (κ1) is 15.8. The molecule has 0 aliphatic carbocycles. The fourth-order valence-corrected chi connectivity index (χ4v) is 2.25. The van der Waals surface area contributed by atoms with Crippen molar-refractivity contribution >= 4 is 11.8 Å². The van der Waals surface area contributed by atoms with Crippen molar-refractivity contribution in [3.63, 3.8) is 0 Å². The van der Waals surface area contributed by atoms with Crippen molar-refractivity contribution in [2.24, 2.45) is 0 Å². The van der Waals surface area contributed by atoms with Gasteiger partial charge in [0.15, 0.2) is 5.82 Å². The van der Waals surface area contributed by atoms with Crippen molar-refractivity contribution in [1.82, 2.24) is 9.55 Å². The maximum atomic E-state index is 12.3. The quantitative estimate of drug-likeness (QED) is 0.848. The molecule has 2 N–H and O–H groups in total. The summed E-state index contributed by atoms with van der Waals surface area (Å²) in [6.45, 7) is 3.25. The lowest BCUT2D eigenvalue weighted by molar-refractivity contribution is -0.137. The van der Waals surface area contributed by atoms with E-state index in [1.165, 1.54) is 10.8 Å². The molecule has 2 rings (SSSR count). The molecule has 2 aromatic rings. The van der Waals surface area contributed by atoms with Crippen LogP contribution in [0, 0.1) is 6.92 Å². The van der Waals surface area contributed by atoms with E-state index >= 15 is 0 Å². The third-order valence-electron chi connectivity index (χ3n) is 3.32. The van der Waals surface area contributed by atoms with E-state index in [2.05, 4.69) is 10.3 Å². The van der Waals surface area contributed by atoms with Gasteiger partial charge in [-0.15, -0.1) is 0 Å². The van der Waals surface area contributed by atoms with Gasteiger partial charge in [0.25, 0.3) is 5.56 Å². The Morgan fingerprint density at radius 2 is 2.05 bits per heavy atom. The molecule has 0 amide bonds. The lowest BCUT2D eigenvalue weighted by Crippen LogP contribution is -2.32. The third-order valence-corrected chi connectivity index (χ3v) is 3.32. The topological polar surface area (TPSA) is 84.2 Å². The standard InChI is InChI=1S/C16H19N3O3/c1-11(8-13-6-4-3-5-7-13)18-15-16(22)19(10-14(20)21)12(2)9-17-15/h3-7,9,11H,8,10H2,1-2H3,(H,17,18)(H,20,21)/t11-/m1/s1. The smallest absolute Gasteiger partial charge is 0.323 e. The average Bonchev–Trinajstić information content (AvgIpc) is 2.47. The van der Waals surface area contributed by atoms with Crippen LogP contribution in [0.2, 0.25) is 0 Å². The molecule has 1 atom stereocenters. The lowest BCUT2D eigenvalue weighted by atomic mass is 10.1. The number of aliphatic carboxylic acids is 1. The molecule has 0 spiro atoms. The summed E-state index contributed by atoms with van der Waals surface area (Å²) in [4.78, 5) is 27.2. The van der Waals surface area contributed by atoms with E-state index in [-0.39, 0.29) is 18.4 Å². The average molecular weight is 301 g/mol. The number of nitrogens with one attached hydrogen (secondary N) is 1. The minimum atomic E-state index is -1.06. The van der Waals surface area contributed by atoms with Crippen LogP contribution in [0.5, 0.6) is 0 Å². The first-order valence-electron chi connectivity index (χ1n) is 7.06. The second-order valence-electron chi connectivity index (χ2n) is 5.27. The number of carboxylic acid groups (broad SMARTS) is 1. The van der Waals surface area contributed by atoms with Gasteiger partial charge in [-0.2, -0.15) is 0 Å². The van der Waals surface area contributed by atoms with Crippen LogP contribution in [-0.2, 0) is 17.8 Å². The summed E-state index contributed by atoms with van der Waals surface area (Å²) in [5.41, 5.74) is 1.26. The first-order chi connectivity index (χ1) is 10.5. The number of benzene rings is 1. The molecule has 1 aromatic carbocycles. The normalized spacial score (nSPS) is 11.9. The van der Waals surface area contributed by atoms with Gasteiger partial charge in [0.1, 0.15) is 6.54 Å². The number of carbonyl (C=O) groups is 1. The zero-order valence-electron chi connectivity index (χ0n) is 12.6. The Kier molecular flexibility index (Phi) is 4.93. The number of hydrogen-bond donors (Lipinski definition) is 2.